The Morgan fingerprint density at radius 3 is 2.55 bits per heavy atom. The number of benzene rings is 1. The summed E-state index contributed by atoms with van der Waals surface area (Å²) in [6.07, 6.45) is -4.36. The zero-order chi connectivity index (χ0) is 15.1. The monoisotopic (exact) mass is 286 g/mol. The number of amides is 1. The van der Waals surface area contributed by atoms with Crippen LogP contribution in [0.15, 0.2) is 24.3 Å². The molecular formula is C14H17F3N2O. The molecule has 2 N–H and O–H groups in total. The molecule has 3 nitrogen and oxygen atoms in total. The van der Waals surface area contributed by atoms with Gasteiger partial charge >= 0.3 is 6.18 Å². The lowest BCUT2D eigenvalue weighted by molar-refractivity contribution is -0.189. The average molecular weight is 286 g/mol. The van der Waals surface area contributed by atoms with Gasteiger partial charge < -0.3 is 10.6 Å². The summed E-state index contributed by atoms with van der Waals surface area (Å²) < 4.78 is 39.0. The molecule has 0 bridgehead atoms. The van der Waals surface area contributed by atoms with Crippen molar-refractivity contribution >= 4 is 11.6 Å². The number of likely N-dealkylation sites (tertiary alicyclic amines) is 1. The van der Waals surface area contributed by atoms with Crippen LogP contribution < -0.4 is 5.73 Å². The van der Waals surface area contributed by atoms with E-state index in [1.54, 1.807) is 18.2 Å². The first kappa shape index (κ1) is 14.7. The summed E-state index contributed by atoms with van der Waals surface area (Å²) in [5, 5.41) is 0. The molecule has 20 heavy (non-hydrogen) atoms. The summed E-state index contributed by atoms with van der Waals surface area (Å²) in [6.45, 7) is 3.02. The Hall–Kier alpha value is -1.72. The second kappa shape index (κ2) is 4.68. The average Bonchev–Trinajstić information content (AvgIpc) is 2.63. The number of carbonyl (C=O) groups is 1. The van der Waals surface area contributed by atoms with Crippen LogP contribution in [0.1, 0.15) is 30.6 Å². The van der Waals surface area contributed by atoms with Gasteiger partial charge in [-0.25, -0.2) is 0 Å². The van der Waals surface area contributed by atoms with Crippen LogP contribution in [0.25, 0.3) is 0 Å². The van der Waals surface area contributed by atoms with Gasteiger partial charge in [-0.1, -0.05) is 6.07 Å². The fourth-order valence-corrected chi connectivity index (χ4v) is 2.84. The molecule has 1 heterocycles. The molecule has 0 radical (unpaired) electrons. The van der Waals surface area contributed by atoms with Gasteiger partial charge in [0.15, 0.2) is 0 Å². The molecule has 0 spiro atoms. The predicted octanol–water partition coefficient (Wildman–Crippen LogP) is 3.07. The van der Waals surface area contributed by atoms with Gasteiger partial charge in [0.2, 0.25) is 0 Å². The minimum atomic E-state index is -4.30. The topological polar surface area (TPSA) is 46.3 Å². The molecule has 0 aliphatic carbocycles. The normalized spacial score (nSPS) is 22.1. The molecule has 1 aromatic carbocycles. The van der Waals surface area contributed by atoms with Crippen LogP contribution in [0.2, 0.25) is 0 Å². The number of carbonyl (C=O) groups excluding carboxylic acids is 1. The van der Waals surface area contributed by atoms with E-state index in [9.17, 15) is 18.0 Å². The van der Waals surface area contributed by atoms with Gasteiger partial charge in [-0.2, -0.15) is 13.2 Å². The van der Waals surface area contributed by atoms with Gasteiger partial charge in [0.1, 0.15) is 0 Å². The van der Waals surface area contributed by atoms with Crippen LogP contribution in [0, 0.1) is 5.92 Å². The van der Waals surface area contributed by atoms with Crippen molar-refractivity contribution in [3.63, 3.8) is 0 Å². The van der Waals surface area contributed by atoms with E-state index in [2.05, 4.69) is 0 Å². The fourth-order valence-electron chi connectivity index (χ4n) is 2.84. The number of nitrogens with two attached hydrogens (primary N) is 1. The minimum Gasteiger partial charge on any atom is -0.399 e. The van der Waals surface area contributed by atoms with E-state index in [4.69, 9.17) is 5.73 Å². The zero-order valence-corrected chi connectivity index (χ0v) is 11.4. The van der Waals surface area contributed by atoms with Crippen molar-refractivity contribution in [3.8, 4) is 0 Å². The number of hydrogen-bond donors (Lipinski definition) is 1. The van der Waals surface area contributed by atoms with Gasteiger partial charge in [-0.3, -0.25) is 4.79 Å². The second-order valence-electron chi connectivity index (χ2n) is 5.62. The Morgan fingerprint density at radius 2 is 2.05 bits per heavy atom. The fraction of sp³-hybridized carbons (Fsp3) is 0.500. The van der Waals surface area contributed by atoms with E-state index in [1.807, 2.05) is 0 Å². The third-order valence-corrected chi connectivity index (χ3v) is 3.96. The van der Waals surface area contributed by atoms with Crippen molar-refractivity contribution in [2.45, 2.75) is 32.0 Å². The molecule has 2 rings (SSSR count). The highest BCUT2D eigenvalue weighted by molar-refractivity contribution is 5.95. The predicted molar refractivity (Wildman–Crippen MR) is 70.1 cm³/mol. The Bertz CT molecular complexity index is 525. The van der Waals surface area contributed by atoms with E-state index in [-0.39, 0.29) is 13.0 Å². The van der Waals surface area contributed by atoms with Crippen LogP contribution in [0.4, 0.5) is 18.9 Å². The largest absolute Gasteiger partial charge is 0.399 e. The molecule has 1 aliphatic rings. The Balaban J connectivity index is 2.29. The summed E-state index contributed by atoms with van der Waals surface area (Å²) in [5.41, 5.74) is 5.10. The first-order valence-corrected chi connectivity index (χ1v) is 6.38. The first-order chi connectivity index (χ1) is 9.14. The van der Waals surface area contributed by atoms with Crippen molar-refractivity contribution in [2.24, 2.45) is 5.92 Å². The molecular weight excluding hydrogens is 269 g/mol. The van der Waals surface area contributed by atoms with E-state index < -0.39 is 23.5 Å². The van der Waals surface area contributed by atoms with E-state index >= 15 is 0 Å². The number of hydrogen-bond acceptors (Lipinski definition) is 2. The summed E-state index contributed by atoms with van der Waals surface area (Å²) >= 11 is 0. The number of nitrogen functional groups attached to an aromatic ring is 1. The Morgan fingerprint density at radius 1 is 1.40 bits per heavy atom. The van der Waals surface area contributed by atoms with Gasteiger partial charge in [-0.15, -0.1) is 0 Å². The summed E-state index contributed by atoms with van der Waals surface area (Å²) in [6, 6.07) is 6.30. The molecule has 0 saturated carbocycles. The maximum absolute atomic E-state index is 13.0. The zero-order valence-electron chi connectivity index (χ0n) is 11.4. The quantitative estimate of drug-likeness (QED) is 0.806. The highest BCUT2D eigenvalue weighted by Crippen LogP contribution is 2.45. The van der Waals surface area contributed by atoms with Gasteiger partial charge in [0.05, 0.1) is 5.92 Å². The van der Waals surface area contributed by atoms with Gasteiger partial charge in [-0.05, 0) is 38.5 Å². The van der Waals surface area contributed by atoms with Crippen molar-refractivity contribution in [1.82, 2.24) is 4.90 Å². The van der Waals surface area contributed by atoms with Crippen LogP contribution in [0.3, 0.4) is 0 Å². The number of alkyl halides is 3. The molecule has 1 amide bonds. The molecule has 1 saturated heterocycles. The van der Waals surface area contributed by atoms with E-state index in [0.717, 1.165) is 0 Å². The first-order valence-electron chi connectivity index (χ1n) is 6.38. The van der Waals surface area contributed by atoms with Gasteiger partial charge in [0, 0.05) is 23.3 Å². The highest BCUT2D eigenvalue weighted by Gasteiger charge is 2.56. The lowest BCUT2D eigenvalue weighted by atomic mass is 9.87. The SMILES string of the molecule is CC1(C)C(C(F)(F)F)CCN1C(=O)c1cccc(N)c1. The highest BCUT2D eigenvalue weighted by atomic mass is 19.4. The van der Waals surface area contributed by atoms with Crippen molar-refractivity contribution < 1.29 is 18.0 Å². The molecule has 0 aromatic heterocycles. The van der Waals surface area contributed by atoms with E-state index in [0.29, 0.717) is 11.3 Å². The number of rotatable bonds is 1. The number of anilines is 1. The molecule has 1 unspecified atom stereocenters. The van der Waals surface area contributed by atoms with Crippen LogP contribution in [-0.4, -0.2) is 29.1 Å². The molecule has 1 atom stereocenters. The maximum Gasteiger partial charge on any atom is 0.394 e. The lowest BCUT2D eigenvalue weighted by Crippen LogP contribution is -2.49. The van der Waals surface area contributed by atoms with Gasteiger partial charge in [0.25, 0.3) is 5.91 Å². The molecule has 1 fully saturated rings. The van der Waals surface area contributed by atoms with Crippen molar-refractivity contribution in [1.29, 1.82) is 0 Å². The van der Waals surface area contributed by atoms with Crippen LogP contribution in [0.5, 0.6) is 0 Å². The minimum absolute atomic E-state index is 0.0649. The smallest absolute Gasteiger partial charge is 0.394 e. The summed E-state index contributed by atoms with van der Waals surface area (Å²) in [7, 11) is 0. The Labute approximate surface area is 115 Å². The molecule has 1 aromatic rings. The summed E-state index contributed by atoms with van der Waals surface area (Å²) in [5.74, 6) is -1.91. The third-order valence-electron chi connectivity index (χ3n) is 3.96. The molecule has 6 heteroatoms. The van der Waals surface area contributed by atoms with Crippen LogP contribution in [-0.2, 0) is 0 Å². The second-order valence-corrected chi connectivity index (χ2v) is 5.62. The van der Waals surface area contributed by atoms with Crippen molar-refractivity contribution in [3.05, 3.63) is 29.8 Å². The number of halogens is 3. The molecule has 1 aliphatic heterocycles. The standard InChI is InChI=1S/C14H17F3N2O/c1-13(2)11(14(15,16)17)6-7-19(13)12(20)9-4-3-5-10(18)8-9/h3-5,8,11H,6-7,18H2,1-2H3. The number of nitrogens with zero attached hydrogens (tertiary/aromatic N) is 1. The van der Waals surface area contributed by atoms with Crippen molar-refractivity contribution in [2.75, 3.05) is 12.3 Å². The Kier molecular flexibility index (Phi) is 3.44. The maximum atomic E-state index is 13.0. The third kappa shape index (κ3) is 2.46. The summed E-state index contributed by atoms with van der Waals surface area (Å²) in [4.78, 5) is 13.7. The van der Waals surface area contributed by atoms with Crippen LogP contribution >= 0.6 is 0 Å². The molecule has 110 valence electrons. The lowest BCUT2D eigenvalue weighted by Gasteiger charge is -2.36. The van der Waals surface area contributed by atoms with E-state index in [1.165, 1.54) is 24.8 Å².